The Morgan fingerprint density at radius 1 is 1.57 bits per heavy atom. The number of hydrogen-bond donors (Lipinski definition) is 0. The van der Waals surface area contributed by atoms with Gasteiger partial charge >= 0.3 is 0 Å². The van der Waals surface area contributed by atoms with Crippen LogP contribution in [0.25, 0.3) is 0 Å². The molecule has 0 aliphatic rings. The Morgan fingerprint density at radius 2 is 2.36 bits per heavy atom. The summed E-state index contributed by atoms with van der Waals surface area (Å²) in [6, 6.07) is 4.22. The standard InChI is InChI=1S/C11H17NOS/c1-10(13)5-3-7-12(2)9-11-6-4-8-14-11/h4,6,8H,3,5,7,9H2,1-2H3. The summed E-state index contributed by atoms with van der Waals surface area (Å²) in [5.41, 5.74) is 0. The Labute approximate surface area is 89.5 Å². The van der Waals surface area contributed by atoms with Crippen molar-refractivity contribution in [3.05, 3.63) is 22.4 Å². The molecular formula is C11H17NOS. The fourth-order valence-electron chi connectivity index (χ4n) is 1.35. The predicted molar refractivity (Wildman–Crippen MR) is 60.6 cm³/mol. The molecule has 2 nitrogen and oxygen atoms in total. The number of nitrogens with zero attached hydrogens (tertiary/aromatic N) is 1. The van der Waals surface area contributed by atoms with Crippen molar-refractivity contribution in [3.63, 3.8) is 0 Å². The summed E-state index contributed by atoms with van der Waals surface area (Å²) < 4.78 is 0. The summed E-state index contributed by atoms with van der Waals surface area (Å²) >= 11 is 1.78. The molecule has 0 unspecified atom stereocenters. The van der Waals surface area contributed by atoms with Crippen molar-refractivity contribution in [1.29, 1.82) is 0 Å². The Kier molecular flexibility index (Phi) is 4.84. The molecule has 1 aromatic rings. The number of thiophene rings is 1. The van der Waals surface area contributed by atoms with E-state index in [1.165, 1.54) is 4.88 Å². The Bertz CT molecular complexity index is 269. The monoisotopic (exact) mass is 211 g/mol. The van der Waals surface area contributed by atoms with Crippen LogP contribution in [0.3, 0.4) is 0 Å². The second kappa shape index (κ2) is 5.94. The van der Waals surface area contributed by atoms with E-state index < -0.39 is 0 Å². The molecule has 0 radical (unpaired) electrons. The van der Waals surface area contributed by atoms with Crippen LogP contribution in [0.1, 0.15) is 24.6 Å². The second-order valence-electron chi connectivity index (χ2n) is 3.62. The smallest absolute Gasteiger partial charge is 0.129 e. The lowest BCUT2D eigenvalue weighted by Crippen LogP contribution is -2.18. The van der Waals surface area contributed by atoms with Gasteiger partial charge in [0.2, 0.25) is 0 Å². The molecular weight excluding hydrogens is 194 g/mol. The van der Waals surface area contributed by atoms with Gasteiger partial charge in [-0.2, -0.15) is 0 Å². The van der Waals surface area contributed by atoms with Gasteiger partial charge in [0.25, 0.3) is 0 Å². The molecule has 1 rings (SSSR count). The first-order chi connectivity index (χ1) is 6.68. The first-order valence-electron chi connectivity index (χ1n) is 4.89. The first-order valence-corrected chi connectivity index (χ1v) is 5.77. The van der Waals surface area contributed by atoms with Gasteiger partial charge in [-0.1, -0.05) is 6.07 Å². The molecule has 0 aliphatic heterocycles. The second-order valence-corrected chi connectivity index (χ2v) is 4.65. The van der Waals surface area contributed by atoms with Crippen molar-refractivity contribution in [1.82, 2.24) is 4.90 Å². The maximum absolute atomic E-state index is 10.7. The topological polar surface area (TPSA) is 20.3 Å². The molecule has 14 heavy (non-hydrogen) atoms. The summed E-state index contributed by atoms with van der Waals surface area (Å²) in [5.74, 6) is 0.287. The molecule has 0 bridgehead atoms. The van der Waals surface area contributed by atoms with Gasteiger partial charge in [0.15, 0.2) is 0 Å². The zero-order valence-corrected chi connectivity index (χ0v) is 9.64. The number of rotatable bonds is 6. The van der Waals surface area contributed by atoms with Gasteiger partial charge in [0.05, 0.1) is 0 Å². The predicted octanol–water partition coefficient (Wildman–Crippen LogP) is 2.55. The summed E-state index contributed by atoms with van der Waals surface area (Å²) in [7, 11) is 2.10. The molecule has 3 heteroatoms. The van der Waals surface area contributed by atoms with Gasteiger partial charge < -0.3 is 9.69 Å². The zero-order valence-electron chi connectivity index (χ0n) is 8.82. The van der Waals surface area contributed by atoms with Gasteiger partial charge in [-0.25, -0.2) is 0 Å². The van der Waals surface area contributed by atoms with E-state index in [-0.39, 0.29) is 5.78 Å². The van der Waals surface area contributed by atoms with E-state index in [9.17, 15) is 4.79 Å². The highest BCUT2D eigenvalue weighted by molar-refractivity contribution is 7.09. The van der Waals surface area contributed by atoms with Crippen molar-refractivity contribution in [2.75, 3.05) is 13.6 Å². The molecule has 0 saturated heterocycles. The van der Waals surface area contributed by atoms with Crippen LogP contribution >= 0.6 is 11.3 Å². The maximum Gasteiger partial charge on any atom is 0.129 e. The van der Waals surface area contributed by atoms with Gasteiger partial charge in [-0.15, -0.1) is 11.3 Å². The average molecular weight is 211 g/mol. The molecule has 78 valence electrons. The largest absolute Gasteiger partial charge is 0.301 e. The van der Waals surface area contributed by atoms with E-state index in [0.717, 1.165) is 19.5 Å². The van der Waals surface area contributed by atoms with E-state index >= 15 is 0 Å². The summed E-state index contributed by atoms with van der Waals surface area (Å²) in [5, 5.41) is 2.10. The third-order valence-electron chi connectivity index (χ3n) is 2.07. The van der Waals surface area contributed by atoms with Crippen LogP contribution in [0.5, 0.6) is 0 Å². The summed E-state index contributed by atoms with van der Waals surface area (Å²) in [6.45, 7) is 3.65. The van der Waals surface area contributed by atoms with Gasteiger partial charge in [0.1, 0.15) is 5.78 Å². The fraction of sp³-hybridized carbons (Fsp3) is 0.545. The molecule has 0 amide bonds. The minimum absolute atomic E-state index is 0.287. The van der Waals surface area contributed by atoms with Crippen molar-refractivity contribution in [3.8, 4) is 0 Å². The lowest BCUT2D eigenvalue weighted by molar-refractivity contribution is -0.117. The van der Waals surface area contributed by atoms with Crippen molar-refractivity contribution in [2.24, 2.45) is 0 Å². The number of hydrogen-bond acceptors (Lipinski definition) is 3. The molecule has 0 fully saturated rings. The molecule has 0 atom stereocenters. The summed E-state index contributed by atoms with van der Waals surface area (Å²) in [6.07, 6.45) is 1.67. The van der Waals surface area contributed by atoms with Crippen LogP contribution < -0.4 is 0 Å². The molecule has 0 N–H and O–H groups in total. The first kappa shape index (κ1) is 11.4. The van der Waals surface area contributed by atoms with Gasteiger partial charge in [-0.05, 0) is 38.4 Å². The molecule has 1 aromatic heterocycles. The van der Waals surface area contributed by atoms with Crippen molar-refractivity contribution >= 4 is 17.1 Å². The normalized spacial score (nSPS) is 10.8. The molecule has 1 heterocycles. The van der Waals surface area contributed by atoms with Crippen LogP contribution in [-0.2, 0) is 11.3 Å². The maximum atomic E-state index is 10.7. The summed E-state index contributed by atoms with van der Waals surface area (Å²) in [4.78, 5) is 14.4. The Morgan fingerprint density at radius 3 is 2.93 bits per heavy atom. The highest BCUT2D eigenvalue weighted by Gasteiger charge is 2.01. The minimum Gasteiger partial charge on any atom is -0.301 e. The van der Waals surface area contributed by atoms with Crippen LogP contribution in [0.15, 0.2) is 17.5 Å². The van der Waals surface area contributed by atoms with E-state index in [1.807, 2.05) is 0 Å². The zero-order chi connectivity index (χ0) is 10.4. The van der Waals surface area contributed by atoms with Crippen LogP contribution in [0.4, 0.5) is 0 Å². The van der Waals surface area contributed by atoms with E-state index in [2.05, 4.69) is 29.5 Å². The van der Waals surface area contributed by atoms with Crippen LogP contribution in [-0.4, -0.2) is 24.3 Å². The van der Waals surface area contributed by atoms with Gasteiger partial charge in [-0.3, -0.25) is 0 Å². The van der Waals surface area contributed by atoms with Crippen LogP contribution in [0, 0.1) is 0 Å². The minimum atomic E-state index is 0.287. The third-order valence-corrected chi connectivity index (χ3v) is 2.94. The average Bonchev–Trinajstić information content (AvgIpc) is 2.56. The molecule has 0 aliphatic carbocycles. The van der Waals surface area contributed by atoms with Crippen molar-refractivity contribution < 1.29 is 4.79 Å². The van der Waals surface area contributed by atoms with E-state index in [0.29, 0.717) is 6.42 Å². The van der Waals surface area contributed by atoms with E-state index in [1.54, 1.807) is 18.3 Å². The lowest BCUT2D eigenvalue weighted by Gasteiger charge is -2.14. The Balaban J connectivity index is 2.16. The van der Waals surface area contributed by atoms with E-state index in [4.69, 9.17) is 0 Å². The number of carbonyl (C=O) groups excluding carboxylic acids is 1. The fourth-order valence-corrected chi connectivity index (χ4v) is 2.13. The number of carbonyl (C=O) groups is 1. The highest BCUT2D eigenvalue weighted by atomic mass is 32.1. The number of Topliss-reactive ketones (excluding diaryl/α,β-unsaturated/α-hetero) is 1. The number of ketones is 1. The van der Waals surface area contributed by atoms with Crippen LogP contribution in [0.2, 0.25) is 0 Å². The quantitative estimate of drug-likeness (QED) is 0.720. The molecule has 0 spiro atoms. The Hall–Kier alpha value is -0.670. The van der Waals surface area contributed by atoms with Gasteiger partial charge in [0, 0.05) is 17.8 Å². The van der Waals surface area contributed by atoms with Crippen molar-refractivity contribution in [2.45, 2.75) is 26.3 Å². The SMILES string of the molecule is CC(=O)CCCN(C)Cc1cccs1. The molecule has 0 aromatic carbocycles. The molecule has 0 saturated carbocycles. The lowest BCUT2D eigenvalue weighted by atomic mass is 10.2. The third kappa shape index (κ3) is 4.53. The highest BCUT2D eigenvalue weighted by Crippen LogP contribution is 2.10.